The van der Waals surface area contributed by atoms with Gasteiger partial charge in [-0.05, 0) is 43.9 Å². The van der Waals surface area contributed by atoms with Gasteiger partial charge in [-0.3, -0.25) is 0 Å². The quantitative estimate of drug-likeness (QED) is 0.519. The zero-order valence-corrected chi connectivity index (χ0v) is 18.9. The van der Waals surface area contributed by atoms with E-state index in [0.29, 0.717) is 24.8 Å². The fourth-order valence-corrected chi connectivity index (χ4v) is 4.56. The molecule has 0 amide bonds. The van der Waals surface area contributed by atoms with Gasteiger partial charge >= 0.3 is 0 Å². The smallest absolute Gasteiger partial charge is 0.165 e. The van der Waals surface area contributed by atoms with E-state index in [-0.39, 0.29) is 0 Å². The molecule has 0 spiro atoms. The number of hydrogen-bond acceptors (Lipinski definition) is 6. The number of fused-ring (bicyclic) bond motifs is 2. The van der Waals surface area contributed by atoms with Crippen molar-refractivity contribution in [1.82, 2.24) is 14.6 Å². The number of nitrogens with zero attached hydrogens (tertiary/aromatic N) is 4. The number of benzene rings is 1. The van der Waals surface area contributed by atoms with Crippen LogP contribution in [-0.4, -0.2) is 48.5 Å². The summed E-state index contributed by atoms with van der Waals surface area (Å²) >= 11 is 6.64. The minimum atomic E-state index is 0.514. The molecule has 7 nitrogen and oxygen atoms in total. The molecular formula is C23H27ClN4O3. The van der Waals surface area contributed by atoms with Gasteiger partial charge in [0.2, 0.25) is 0 Å². The average Bonchev–Trinajstić information content (AvgIpc) is 3.36. The molecule has 0 radical (unpaired) electrons. The second-order valence-electron chi connectivity index (χ2n) is 8.28. The lowest BCUT2D eigenvalue weighted by atomic mass is 10.1. The normalized spacial score (nSPS) is 15.5. The minimum Gasteiger partial charge on any atom is -0.497 e. The maximum absolute atomic E-state index is 6.64. The number of ether oxygens (including phenoxy) is 3. The second-order valence-corrected chi connectivity index (χ2v) is 8.68. The summed E-state index contributed by atoms with van der Waals surface area (Å²) in [6.45, 7) is 5.53. The second kappa shape index (κ2) is 8.30. The number of anilines is 1. The van der Waals surface area contributed by atoms with E-state index in [0.717, 1.165) is 64.3 Å². The number of methoxy groups -OCH3 is 2. The molecule has 1 aliphatic heterocycles. The number of aromatic nitrogens is 3. The molecule has 2 aromatic heterocycles. The van der Waals surface area contributed by atoms with Gasteiger partial charge in [-0.2, -0.15) is 9.61 Å². The molecule has 0 saturated heterocycles. The van der Waals surface area contributed by atoms with E-state index < -0.39 is 0 Å². The summed E-state index contributed by atoms with van der Waals surface area (Å²) in [6, 6.07) is 5.72. The Balaban J connectivity index is 1.70. The van der Waals surface area contributed by atoms with Crippen LogP contribution in [0.1, 0.15) is 29.8 Å². The van der Waals surface area contributed by atoms with E-state index in [2.05, 4.69) is 4.90 Å². The van der Waals surface area contributed by atoms with Crippen LogP contribution in [0.4, 0.5) is 5.82 Å². The third kappa shape index (κ3) is 3.75. The average molecular weight is 443 g/mol. The van der Waals surface area contributed by atoms with Gasteiger partial charge in [-0.1, -0.05) is 11.6 Å². The van der Waals surface area contributed by atoms with Crippen molar-refractivity contribution in [2.45, 2.75) is 33.0 Å². The lowest BCUT2D eigenvalue weighted by Gasteiger charge is -2.27. The van der Waals surface area contributed by atoms with Gasteiger partial charge in [0, 0.05) is 31.3 Å². The maximum atomic E-state index is 6.64. The highest BCUT2D eigenvalue weighted by molar-refractivity contribution is 6.33. The van der Waals surface area contributed by atoms with E-state index in [9.17, 15) is 0 Å². The molecule has 5 rings (SSSR count). The Bertz CT molecular complexity index is 1130. The van der Waals surface area contributed by atoms with E-state index in [1.165, 1.54) is 12.8 Å². The number of aryl methyl sites for hydroxylation is 1. The zero-order valence-electron chi connectivity index (χ0n) is 18.2. The van der Waals surface area contributed by atoms with Crippen LogP contribution in [0.15, 0.2) is 18.2 Å². The SMILES string of the molecule is COCCN(CC1CC1)c1c2c(nc3c(-c4ccc(OC)cc4Cl)c(C)nn13)COC2. The lowest BCUT2D eigenvalue weighted by molar-refractivity contribution is 0.133. The molecule has 0 bridgehead atoms. The van der Waals surface area contributed by atoms with Crippen molar-refractivity contribution in [3.63, 3.8) is 0 Å². The fourth-order valence-electron chi connectivity index (χ4n) is 4.30. The summed E-state index contributed by atoms with van der Waals surface area (Å²) in [5.41, 5.74) is 5.65. The first-order chi connectivity index (χ1) is 15.1. The Kier molecular flexibility index (Phi) is 5.50. The topological polar surface area (TPSA) is 61.1 Å². The van der Waals surface area contributed by atoms with Crippen LogP contribution in [-0.2, 0) is 22.7 Å². The maximum Gasteiger partial charge on any atom is 0.165 e. The van der Waals surface area contributed by atoms with Crippen molar-refractivity contribution < 1.29 is 14.2 Å². The monoisotopic (exact) mass is 442 g/mol. The van der Waals surface area contributed by atoms with Crippen LogP contribution in [0.2, 0.25) is 5.02 Å². The zero-order chi connectivity index (χ0) is 21.5. The molecule has 1 saturated carbocycles. The van der Waals surface area contributed by atoms with Crippen LogP contribution in [0.25, 0.3) is 16.8 Å². The summed E-state index contributed by atoms with van der Waals surface area (Å²) < 4.78 is 18.5. The number of rotatable bonds is 8. The molecule has 0 atom stereocenters. The van der Waals surface area contributed by atoms with Crippen molar-refractivity contribution in [1.29, 1.82) is 0 Å². The highest BCUT2D eigenvalue weighted by Gasteiger charge is 2.31. The van der Waals surface area contributed by atoms with Crippen LogP contribution in [0.3, 0.4) is 0 Å². The predicted octanol–water partition coefficient (Wildman–Crippen LogP) is 4.26. The highest BCUT2D eigenvalue weighted by atomic mass is 35.5. The van der Waals surface area contributed by atoms with Gasteiger partial charge in [-0.25, -0.2) is 4.98 Å². The summed E-state index contributed by atoms with van der Waals surface area (Å²) in [5.74, 6) is 2.52. The molecule has 0 N–H and O–H groups in total. The molecule has 1 aliphatic carbocycles. The standard InChI is InChI=1S/C23H27ClN4O3/c1-14-21(17-7-6-16(30-3)10-19(17)24)22-25-20-13-31-12-18(20)23(28(22)26-14)27(8-9-29-2)11-15-4-5-15/h6-7,10,15H,4-5,8-9,11-13H2,1-3H3. The predicted molar refractivity (Wildman–Crippen MR) is 120 cm³/mol. The first-order valence-corrected chi connectivity index (χ1v) is 11.0. The summed E-state index contributed by atoms with van der Waals surface area (Å²) in [7, 11) is 3.38. The van der Waals surface area contributed by atoms with Gasteiger partial charge in [0.25, 0.3) is 0 Å². The molecule has 2 aliphatic rings. The van der Waals surface area contributed by atoms with Crippen LogP contribution in [0, 0.1) is 12.8 Å². The minimum absolute atomic E-state index is 0.514. The first-order valence-electron chi connectivity index (χ1n) is 10.7. The van der Waals surface area contributed by atoms with Crippen LogP contribution in [0.5, 0.6) is 5.75 Å². The largest absolute Gasteiger partial charge is 0.497 e. The first kappa shape index (κ1) is 20.5. The number of hydrogen-bond donors (Lipinski definition) is 0. The Hall–Kier alpha value is -2.35. The van der Waals surface area contributed by atoms with Gasteiger partial charge in [0.15, 0.2) is 5.65 Å². The van der Waals surface area contributed by atoms with E-state index in [1.807, 2.05) is 29.6 Å². The molecule has 3 aromatic rings. The van der Waals surface area contributed by atoms with E-state index in [1.54, 1.807) is 14.2 Å². The fraction of sp³-hybridized carbons (Fsp3) is 0.478. The third-order valence-electron chi connectivity index (χ3n) is 6.07. The van der Waals surface area contributed by atoms with Crippen molar-refractivity contribution >= 4 is 23.1 Å². The van der Waals surface area contributed by atoms with Crippen molar-refractivity contribution in [3.05, 3.63) is 40.2 Å². The molecular weight excluding hydrogens is 416 g/mol. The van der Waals surface area contributed by atoms with E-state index >= 15 is 0 Å². The van der Waals surface area contributed by atoms with Crippen molar-refractivity contribution in [2.24, 2.45) is 5.92 Å². The Morgan fingerprint density at radius 2 is 2.10 bits per heavy atom. The molecule has 164 valence electrons. The summed E-state index contributed by atoms with van der Waals surface area (Å²) in [6.07, 6.45) is 2.56. The Morgan fingerprint density at radius 1 is 1.26 bits per heavy atom. The highest BCUT2D eigenvalue weighted by Crippen LogP contribution is 2.40. The molecule has 1 fully saturated rings. The van der Waals surface area contributed by atoms with Crippen LogP contribution < -0.4 is 9.64 Å². The molecule has 8 heteroatoms. The third-order valence-corrected chi connectivity index (χ3v) is 6.38. The van der Waals surface area contributed by atoms with Gasteiger partial charge in [0.05, 0.1) is 48.9 Å². The van der Waals surface area contributed by atoms with Crippen molar-refractivity contribution in [3.8, 4) is 16.9 Å². The molecule has 3 heterocycles. The lowest BCUT2D eigenvalue weighted by Crippen LogP contribution is -2.32. The van der Waals surface area contributed by atoms with Crippen molar-refractivity contribution in [2.75, 3.05) is 38.8 Å². The molecule has 31 heavy (non-hydrogen) atoms. The Labute approximate surface area is 186 Å². The van der Waals surface area contributed by atoms with Gasteiger partial charge in [-0.15, -0.1) is 0 Å². The van der Waals surface area contributed by atoms with Gasteiger partial charge < -0.3 is 19.1 Å². The summed E-state index contributed by atoms with van der Waals surface area (Å²) in [4.78, 5) is 7.38. The Morgan fingerprint density at radius 3 is 2.81 bits per heavy atom. The van der Waals surface area contributed by atoms with Crippen LogP contribution >= 0.6 is 11.6 Å². The summed E-state index contributed by atoms with van der Waals surface area (Å²) in [5, 5.41) is 5.55. The van der Waals surface area contributed by atoms with E-state index in [4.69, 9.17) is 35.9 Å². The molecule has 0 unspecified atom stereocenters. The number of halogens is 1. The molecule has 1 aromatic carbocycles. The van der Waals surface area contributed by atoms with Gasteiger partial charge in [0.1, 0.15) is 11.6 Å².